The van der Waals surface area contributed by atoms with Crippen molar-refractivity contribution in [1.29, 1.82) is 0 Å². The van der Waals surface area contributed by atoms with E-state index in [4.69, 9.17) is 11.6 Å². The van der Waals surface area contributed by atoms with Crippen LogP contribution in [-0.4, -0.2) is 12.6 Å². The molecule has 0 heterocycles. The van der Waals surface area contributed by atoms with Crippen molar-refractivity contribution in [3.63, 3.8) is 0 Å². The summed E-state index contributed by atoms with van der Waals surface area (Å²) < 4.78 is 0. The normalized spacial score (nSPS) is 12.9. The molecule has 0 aliphatic heterocycles. The number of benzene rings is 1. The third-order valence-electron chi connectivity index (χ3n) is 3.47. The Hall–Kier alpha value is -0.530. The molecule has 0 radical (unpaired) electrons. The van der Waals surface area contributed by atoms with Crippen LogP contribution in [0.2, 0.25) is 5.02 Å². The second-order valence-electron chi connectivity index (χ2n) is 5.76. The molecule has 1 aromatic carbocycles. The Kier molecular flexibility index (Phi) is 8.16. The SMILES string of the molecule is CCCCCC(CNC(C)C)Cc1ccc(Cl)cc1. The summed E-state index contributed by atoms with van der Waals surface area (Å²) in [6.07, 6.45) is 6.45. The Bertz CT molecular complexity index is 332. The van der Waals surface area contributed by atoms with Gasteiger partial charge in [-0.1, -0.05) is 63.8 Å². The first kappa shape index (κ1) is 16.5. The van der Waals surface area contributed by atoms with Crippen LogP contribution in [0.3, 0.4) is 0 Å². The summed E-state index contributed by atoms with van der Waals surface area (Å²) in [5, 5.41) is 4.40. The fourth-order valence-electron chi connectivity index (χ4n) is 2.32. The number of halogens is 1. The fourth-order valence-corrected chi connectivity index (χ4v) is 2.44. The van der Waals surface area contributed by atoms with Crippen LogP contribution >= 0.6 is 11.6 Å². The van der Waals surface area contributed by atoms with Gasteiger partial charge < -0.3 is 5.32 Å². The van der Waals surface area contributed by atoms with E-state index < -0.39 is 0 Å². The van der Waals surface area contributed by atoms with Crippen molar-refractivity contribution in [2.45, 2.75) is 58.9 Å². The quantitative estimate of drug-likeness (QED) is 0.623. The molecule has 1 nitrogen and oxygen atoms in total. The lowest BCUT2D eigenvalue weighted by Gasteiger charge is -2.19. The molecule has 0 bridgehead atoms. The second kappa shape index (κ2) is 9.39. The number of hydrogen-bond acceptors (Lipinski definition) is 1. The zero-order valence-electron chi connectivity index (χ0n) is 12.6. The minimum absolute atomic E-state index is 0.568. The highest BCUT2D eigenvalue weighted by Gasteiger charge is 2.10. The zero-order chi connectivity index (χ0) is 14.1. The topological polar surface area (TPSA) is 12.0 Å². The maximum atomic E-state index is 5.94. The van der Waals surface area contributed by atoms with Gasteiger partial charge in [-0.3, -0.25) is 0 Å². The van der Waals surface area contributed by atoms with E-state index in [0.717, 1.165) is 23.9 Å². The van der Waals surface area contributed by atoms with Gasteiger partial charge >= 0.3 is 0 Å². The number of nitrogens with one attached hydrogen (secondary N) is 1. The summed E-state index contributed by atoms with van der Waals surface area (Å²) in [4.78, 5) is 0. The molecule has 0 aromatic heterocycles. The minimum atomic E-state index is 0.568. The lowest BCUT2D eigenvalue weighted by atomic mass is 9.93. The second-order valence-corrected chi connectivity index (χ2v) is 6.19. The van der Waals surface area contributed by atoms with E-state index in [1.165, 1.54) is 31.2 Å². The third-order valence-corrected chi connectivity index (χ3v) is 3.72. The van der Waals surface area contributed by atoms with Gasteiger partial charge in [-0.05, 0) is 43.0 Å². The van der Waals surface area contributed by atoms with Crippen molar-refractivity contribution >= 4 is 11.6 Å². The summed E-state index contributed by atoms with van der Waals surface area (Å²) in [5.41, 5.74) is 1.40. The van der Waals surface area contributed by atoms with Gasteiger partial charge in [-0.25, -0.2) is 0 Å². The molecule has 1 N–H and O–H groups in total. The van der Waals surface area contributed by atoms with Crippen LogP contribution in [0.5, 0.6) is 0 Å². The predicted molar refractivity (Wildman–Crippen MR) is 85.9 cm³/mol. The van der Waals surface area contributed by atoms with E-state index in [-0.39, 0.29) is 0 Å². The fraction of sp³-hybridized carbons (Fsp3) is 0.647. The largest absolute Gasteiger partial charge is 0.314 e. The molecule has 0 saturated heterocycles. The first-order chi connectivity index (χ1) is 9.11. The third kappa shape index (κ3) is 7.59. The smallest absolute Gasteiger partial charge is 0.0406 e. The Labute approximate surface area is 123 Å². The highest BCUT2D eigenvalue weighted by atomic mass is 35.5. The van der Waals surface area contributed by atoms with Crippen LogP contribution in [-0.2, 0) is 6.42 Å². The molecule has 1 atom stereocenters. The van der Waals surface area contributed by atoms with Gasteiger partial charge in [0.2, 0.25) is 0 Å². The molecule has 0 spiro atoms. The molecule has 2 heteroatoms. The predicted octanol–water partition coefficient (Wildman–Crippen LogP) is 5.08. The maximum absolute atomic E-state index is 5.94. The van der Waals surface area contributed by atoms with E-state index in [1.54, 1.807) is 0 Å². The minimum Gasteiger partial charge on any atom is -0.314 e. The first-order valence-corrected chi connectivity index (χ1v) is 7.97. The van der Waals surface area contributed by atoms with Crippen molar-refractivity contribution in [3.05, 3.63) is 34.9 Å². The van der Waals surface area contributed by atoms with Crippen molar-refractivity contribution in [2.75, 3.05) is 6.54 Å². The number of rotatable bonds is 9. The van der Waals surface area contributed by atoms with Crippen LogP contribution in [0.25, 0.3) is 0 Å². The average Bonchev–Trinajstić information content (AvgIpc) is 2.38. The highest BCUT2D eigenvalue weighted by Crippen LogP contribution is 2.17. The lowest BCUT2D eigenvalue weighted by molar-refractivity contribution is 0.406. The van der Waals surface area contributed by atoms with Crippen molar-refractivity contribution in [1.82, 2.24) is 5.32 Å². The van der Waals surface area contributed by atoms with Crippen molar-refractivity contribution < 1.29 is 0 Å². The van der Waals surface area contributed by atoms with Crippen molar-refractivity contribution in [2.24, 2.45) is 5.92 Å². The van der Waals surface area contributed by atoms with Crippen LogP contribution in [0.1, 0.15) is 52.0 Å². The molecule has 0 amide bonds. The molecule has 1 rings (SSSR count). The molecular weight excluding hydrogens is 254 g/mol. The Balaban J connectivity index is 2.48. The molecule has 108 valence electrons. The van der Waals surface area contributed by atoms with E-state index in [2.05, 4.69) is 38.2 Å². The summed E-state index contributed by atoms with van der Waals surface area (Å²) in [7, 11) is 0. The van der Waals surface area contributed by atoms with Crippen LogP contribution in [0.4, 0.5) is 0 Å². The van der Waals surface area contributed by atoms with Crippen LogP contribution in [0, 0.1) is 5.92 Å². The maximum Gasteiger partial charge on any atom is 0.0406 e. The summed E-state index contributed by atoms with van der Waals surface area (Å²) in [5.74, 6) is 0.732. The van der Waals surface area contributed by atoms with E-state index >= 15 is 0 Å². The van der Waals surface area contributed by atoms with Gasteiger partial charge in [0.05, 0.1) is 0 Å². The van der Waals surface area contributed by atoms with Crippen molar-refractivity contribution in [3.8, 4) is 0 Å². The van der Waals surface area contributed by atoms with Gasteiger partial charge in [0.25, 0.3) is 0 Å². The molecule has 0 fully saturated rings. The Morgan fingerprint density at radius 1 is 1.11 bits per heavy atom. The molecular formula is C17H28ClN. The molecule has 1 unspecified atom stereocenters. The summed E-state index contributed by atoms with van der Waals surface area (Å²) in [6, 6.07) is 8.87. The van der Waals surface area contributed by atoms with E-state index in [0.29, 0.717) is 6.04 Å². The van der Waals surface area contributed by atoms with Gasteiger partial charge in [0, 0.05) is 11.1 Å². The number of hydrogen-bond donors (Lipinski definition) is 1. The zero-order valence-corrected chi connectivity index (χ0v) is 13.3. The lowest BCUT2D eigenvalue weighted by Crippen LogP contribution is -2.30. The van der Waals surface area contributed by atoms with Crippen LogP contribution < -0.4 is 5.32 Å². The van der Waals surface area contributed by atoms with E-state index in [9.17, 15) is 0 Å². The standard InChI is InChI=1S/C17H28ClN/c1-4-5-6-7-16(13-19-14(2)3)12-15-8-10-17(18)11-9-15/h8-11,14,16,19H,4-7,12-13H2,1-3H3. The first-order valence-electron chi connectivity index (χ1n) is 7.59. The van der Waals surface area contributed by atoms with Gasteiger partial charge in [-0.15, -0.1) is 0 Å². The number of unbranched alkanes of at least 4 members (excludes halogenated alkanes) is 2. The van der Waals surface area contributed by atoms with Gasteiger partial charge in [0.15, 0.2) is 0 Å². The van der Waals surface area contributed by atoms with Crippen LogP contribution in [0.15, 0.2) is 24.3 Å². The molecule has 1 aromatic rings. The summed E-state index contributed by atoms with van der Waals surface area (Å²) in [6.45, 7) is 7.81. The molecule has 0 aliphatic rings. The molecule has 0 saturated carbocycles. The molecule has 19 heavy (non-hydrogen) atoms. The van der Waals surface area contributed by atoms with E-state index in [1.807, 2.05) is 12.1 Å². The molecule has 0 aliphatic carbocycles. The monoisotopic (exact) mass is 281 g/mol. The summed E-state index contributed by atoms with van der Waals surface area (Å²) >= 11 is 5.94. The van der Waals surface area contributed by atoms with Gasteiger partial charge in [0.1, 0.15) is 0 Å². The Morgan fingerprint density at radius 2 is 1.79 bits per heavy atom. The van der Waals surface area contributed by atoms with Gasteiger partial charge in [-0.2, -0.15) is 0 Å². The Morgan fingerprint density at radius 3 is 2.37 bits per heavy atom. The highest BCUT2D eigenvalue weighted by molar-refractivity contribution is 6.30. The average molecular weight is 282 g/mol.